The maximum Gasteiger partial charge on any atom is 0.0601 e. The van der Waals surface area contributed by atoms with Crippen molar-refractivity contribution in [3.8, 4) is 0 Å². The van der Waals surface area contributed by atoms with E-state index in [1.54, 1.807) is 0 Å². The van der Waals surface area contributed by atoms with Crippen molar-refractivity contribution in [1.82, 2.24) is 0 Å². The number of fused-ring (bicyclic) bond motifs is 2. The van der Waals surface area contributed by atoms with Gasteiger partial charge in [0, 0.05) is 15.5 Å². The van der Waals surface area contributed by atoms with Gasteiger partial charge in [0.25, 0.3) is 0 Å². The Labute approximate surface area is 231 Å². The smallest absolute Gasteiger partial charge is 0.0601 e. The highest BCUT2D eigenvalue weighted by Gasteiger charge is 2.29. The average Bonchev–Trinajstić information content (AvgIpc) is 2.89. The molecule has 0 unspecified atom stereocenters. The number of anilines is 3. The highest BCUT2D eigenvalue weighted by molar-refractivity contribution is 7.99. The number of aryl methyl sites for hydroxylation is 1. The summed E-state index contributed by atoms with van der Waals surface area (Å²) in [7, 11) is 0. The quantitative estimate of drug-likeness (QED) is 0.196. The zero-order valence-electron chi connectivity index (χ0n) is 24.3. The first kappa shape index (κ1) is 27.8. The lowest BCUT2D eigenvalue weighted by Crippen LogP contribution is -2.20. The van der Waals surface area contributed by atoms with Gasteiger partial charge in [0.2, 0.25) is 0 Å². The molecule has 1 aliphatic heterocycles. The molecular weight excluding hydrogens is 466 g/mol. The molecule has 0 radical (unpaired) electrons. The van der Waals surface area contributed by atoms with Crippen LogP contribution in [-0.2, 0) is 17.3 Å². The molecule has 0 atom stereocenters. The fourth-order valence-electron chi connectivity index (χ4n) is 5.65. The lowest BCUT2D eigenvalue weighted by Gasteiger charge is -2.36. The predicted octanol–water partition coefficient (Wildman–Crippen LogP) is 11.5. The summed E-state index contributed by atoms with van der Waals surface area (Å²) in [5.41, 5.74) is 8.54. The summed E-state index contributed by atoms with van der Waals surface area (Å²) < 4.78 is 0. The molecule has 3 aromatic carbocycles. The molecule has 198 valence electrons. The Bertz CT molecular complexity index is 1190. The molecule has 2 heteroatoms. The van der Waals surface area contributed by atoms with E-state index in [2.05, 4.69) is 114 Å². The van der Waals surface area contributed by atoms with Crippen LogP contribution < -0.4 is 4.90 Å². The van der Waals surface area contributed by atoms with Crippen LogP contribution in [0.2, 0.25) is 0 Å². The number of rotatable bonds is 11. The Kier molecular flexibility index (Phi) is 8.79. The Balaban J connectivity index is 1.80. The van der Waals surface area contributed by atoms with Crippen LogP contribution >= 0.6 is 11.8 Å². The van der Waals surface area contributed by atoms with E-state index >= 15 is 0 Å². The third kappa shape index (κ3) is 6.11. The minimum atomic E-state index is 0.181. The van der Waals surface area contributed by atoms with E-state index in [-0.39, 0.29) is 10.8 Å². The van der Waals surface area contributed by atoms with Gasteiger partial charge in [0.05, 0.1) is 11.4 Å². The lowest BCUT2D eigenvalue weighted by atomic mass is 9.80. The summed E-state index contributed by atoms with van der Waals surface area (Å²) in [6.07, 6.45) is 9.78. The van der Waals surface area contributed by atoms with Crippen molar-refractivity contribution in [2.45, 2.75) is 120 Å². The normalized spacial score (nSPS) is 13.4. The monoisotopic (exact) mass is 513 g/mol. The zero-order valence-corrected chi connectivity index (χ0v) is 25.1. The molecule has 0 aliphatic carbocycles. The molecule has 0 saturated carbocycles. The topological polar surface area (TPSA) is 3.24 Å². The highest BCUT2D eigenvalue weighted by Crippen LogP contribution is 2.53. The van der Waals surface area contributed by atoms with Crippen LogP contribution in [0.4, 0.5) is 17.1 Å². The standard InChI is InChI=1S/C35H47NS/c1-8-11-13-26-14-18-29(19-15-26)36-30-20-16-27(34(4,5)22-10-3)24-32(30)37-33-25-28(17-21-31(33)36)35(6,7)23-12-9-2/h14-21,24-25H,8-13,22-23H2,1-7H3. The maximum absolute atomic E-state index is 2.49. The van der Waals surface area contributed by atoms with Gasteiger partial charge in [-0.25, -0.2) is 0 Å². The van der Waals surface area contributed by atoms with Gasteiger partial charge in [-0.05, 0) is 89.6 Å². The fourth-order valence-corrected chi connectivity index (χ4v) is 6.79. The molecule has 0 spiro atoms. The van der Waals surface area contributed by atoms with E-state index in [1.807, 2.05) is 11.8 Å². The van der Waals surface area contributed by atoms with E-state index in [0.717, 1.165) is 6.42 Å². The van der Waals surface area contributed by atoms with Crippen molar-refractivity contribution < 1.29 is 0 Å². The lowest BCUT2D eigenvalue weighted by molar-refractivity contribution is 0.457. The molecule has 0 saturated heterocycles. The number of benzene rings is 3. The Morgan fingerprint density at radius 1 is 0.622 bits per heavy atom. The molecule has 0 N–H and O–H groups in total. The molecule has 0 bridgehead atoms. The minimum absolute atomic E-state index is 0.181. The van der Waals surface area contributed by atoms with E-state index in [0.29, 0.717) is 0 Å². The molecule has 1 aliphatic rings. The molecular formula is C35H47NS. The highest BCUT2D eigenvalue weighted by atomic mass is 32.2. The summed E-state index contributed by atoms with van der Waals surface area (Å²) in [5, 5.41) is 0. The summed E-state index contributed by atoms with van der Waals surface area (Å²) in [4.78, 5) is 5.23. The number of hydrogen-bond donors (Lipinski definition) is 0. The van der Waals surface area contributed by atoms with Gasteiger partial charge in [-0.1, -0.05) is 110 Å². The van der Waals surface area contributed by atoms with Gasteiger partial charge in [0.1, 0.15) is 0 Å². The Hall–Kier alpha value is -2.19. The summed E-state index contributed by atoms with van der Waals surface area (Å²) in [6.45, 7) is 16.4. The minimum Gasteiger partial charge on any atom is -0.308 e. The van der Waals surface area contributed by atoms with Gasteiger partial charge in [-0.2, -0.15) is 0 Å². The molecule has 1 heterocycles. The summed E-state index contributed by atoms with van der Waals surface area (Å²) >= 11 is 1.96. The van der Waals surface area contributed by atoms with Gasteiger partial charge >= 0.3 is 0 Å². The second kappa shape index (κ2) is 11.7. The van der Waals surface area contributed by atoms with Crippen molar-refractivity contribution in [3.63, 3.8) is 0 Å². The summed E-state index contributed by atoms with van der Waals surface area (Å²) in [6, 6.07) is 23.7. The van der Waals surface area contributed by atoms with Crippen molar-refractivity contribution in [3.05, 3.63) is 77.4 Å². The van der Waals surface area contributed by atoms with Crippen LogP contribution in [0, 0.1) is 0 Å². The first-order valence-corrected chi connectivity index (χ1v) is 15.4. The van der Waals surface area contributed by atoms with Crippen LogP contribution in [0.5, 0.6) is 0 Å². The van der Waals surface area contributed by atoms with Gasteiger partial charge in [-0.15, -0.1) is 0 Å². The Morgan fingerprint density at radius 3 is 1.68 bits per heavy atom. The molecule has 0 aromatic heterocycles. The van der Waals surface area contributed by atoms with Crippen molar-refractivity contribution in [1.29, 1.82) is 0 Å². The second-order valence-corrected chi connectivity index (χ2v) is 13.3. The molecule has 37 heavy (non-hydrogen) atoms. The summed E-state index contributed by atoms with van der Waals surface area (Å²) in [5.74, 6) is 0. The van der Waals surface area contributed by atoms with E-state index < -0.39 is 0 Å². The number of nitrogens with zero attached hydrogens (tertiary/aromatic N) is 1. The van der Waals surface area contributed by atoms with E-state index in [1.165, 1.54) is 88.5 Å². The van der Waals surface area contributed by atoms with Crippen LogP contribution in [0.1, 0.15) is 110 Å². The fraction of sp³-hybridized carbons (Fsp3) is 0.486. The van der Waals surface area contributed by atoms with Crippen LogP contribution in [0.15, 0.2) is 70.5 Å². The van der Waals surface area contributed by atoms with Gasteiger partial charge < -0.3 is 4.90 Å². The SMILES string of the molecule is CCCCc1ccc(N2c3ccc(C(C)(C)CCC)cc3Sc3cc(C(C)(C)CCCC)ccc32)cc1. The number of unbranched alkanes of at least 4 members (excludes halogenated alkanes) is 2. The molecule has 3 aromatic rings. The predicted molar refractivity (Wildman–Crippen MR) is 164 cm³/mol. The van der Waals surface area contributed by atoms with Gasteiger partial charge in [-0.3, -0.25) is 0 Å². The van der Waals surface area contributed by atoms with E-state index in [4.69, 9.17) is 0 Å². The molecule has 0 fully saturated rings. The third-order valence-electron chi connectivity index (χ3n) is 8.23. The van der Waals surface area contributed by atoms with Gasteiger partial charge in [0.15, 0.2) is 0 Å². The van der Waals surface area contributed by atoms with Crippen LogP contribution in [0.25, 0.3) is 0 Å². The number of hydrogen-bond acceptors (Lipinski definition) is 2. The first-order chi connectivity index (χ1) is 17.7. The first-order valence-electron chi connectivity index (χ1n) is 14.6. The van der Waals surface area contributed by atoms with Crippen molar-refractivity contribution >= 4 is 28.8 Å². The van der Waals surface area contributed by atoms with Crippen molar-refractivity contribution in [2.24, 2.45) is 0 Å². The zero-order chi connectivity index (χ0) is 26.6. The average molecular weight is 514 g/mol. The Morgan fingerprint density at radius 2 is 1.16 bits per heavy atom. The molecule has 0 amide bonds. The van der Waals surface area contributed by atoms with Crippen LogP contribution in [0.3, 0.4) is 0 Å². The largest absolute Gasteiger partial charge is 0.308 e. The van der Waals surface area contributed by atoms with E-state index in [9.17, 15) is 0 Å². The molecule has 4 rings (SSSR count). The van der Waals surface area contributed by atoms with Crippen LogP contribution in [-0.4, -0.2) is 0 Å². The second-order valence-electron chi connectivity index (χ2n) is 12.2. The van der Waals surface area contributed by atoms with Crippen molar-refractivity contribution in [2.75, 3.05) is 4.90 Å². The third-order valence-corrected chi connectivity index (χ3v) is 9.32. The molecule has 1 nitrogen and oxygen atoms in total. The maximum atomic E-state index is 2.49.